The van der Waals surface area contributed by atoms with Gasteiger partial charge in [-0.2, -0.15) is 5.26 Å². The van der Waals surface area contributed by atoms with E-state index in [1.54, 1.807) is 0 Å². The van der Waals surface area contributed by atoms with Crippen molar-refractivity contribution in [2.75, 3.05) is 14.7 Å². The van der Waals surface area contributed by atoms with Crippen LogP contribution in [0.15, 0.2) is 461 Å². The molecule has 31 rings (SSSR count). The van der Waals surface area contributed by atoms with Crippen molar-refractivity contribution in [1.82, 2.24) is 33.6 Å². The lowest BCUT2D eigenvalue weighted by molar-refractivity contribution is 0.476. The first-order valence-corrected chi connectivity index (χ1v) is 48.8. The summed E-state index contributed by atoms with van der Waals surface area (Å²) in [6.07, 6.45) is 1.88. The van der Waals surface area contributed by atoms with Crippen molar-refractivity contribution in [3.63, 3.8) is 0 Å². The monoisotopic (exact) mass is 1900 g/mol. The van der Waals surface area contributed by atoms with Gasteiger partial charge in [-0.25, -0.2) is 19.8 Å². The summed E-state index contributed by atoms with van der Waals surface area (Å²) in [5.41, 5.74) is 29.4. The predicted molar refractivity (Wildman–Crippen MR) is 587 cm³/mol. The number of nitrogens with zero attached hydrogens (tertiary/aromatic N) is 12. The smallest absolute Gasteiger partial charge is 0.189 e. The van der Waals surface area contributed by atoms with Crippen LogP contribution in [0.3, 0.4) is 0 Å². The highest BCUT2D eigenvalue weighted by atomic mass is 16.5. The Morgan fingerprint density at radius 3 is 0.980 bits per heavy atom. The van der Waals surface area contributed by atoms with Crippen LogP contribution in [0, 0.1) is 17.9 Å². The van der Waals surface area contributed by atoms with Crippen LogP contribution in [0.1, 0.15) is 5.56 Å². The van der Waals surface area contributed by atoms with Gasteiger partial charge in [-0.15, -0.1) is 0 Å². The van der Waals surface area contributed by atoms with Crippen molar-refractivity contribution >= 4 is 122 Å². The maximum atomic E-state index is 10.2. The minimum atomic E-state index is 0.494. The lowest BCUT2D eigenvalue weighted by Crippen LogP contribution is -2.15. The number of benzene rings is 20. The fourth-order valence-corrected chi connectivity index (χ4v) is 21.8. The molecule has 0 N–H and O–H groups in total. The highest BCUT2D eigenvalue weighted by Gasteiger charge is 2.35. The molecule has 0 atom stereocenters. The normalized spacial score (nSPS) is 12.5. The largest absolute Gasteiger partial charge is 0.453 e. The van der Waals surface area contributed by atoms with E-state index in [0.29, 0.717) is 28.7 Å². The number of pyridine rings is 1. The molecular formula is C130H76N12O6. The summed E-state index contributed by atoms with van der Waals surface area (Å²) in [4.78, 5) is 30.6. The summed E-state index contributed by atoms with van der Waals surface area (Å²) < 4.78 is 45.4. The van der Waals surface area contributed by atoms with E-state index in [0.717, 1.165) is 248 Å². The van der Waals surface area contributed by atoms with E-state index in [2.05, 4.69) is 264 Å². The molecule has 0 aliphatic carbocycles. The molecule has 148 heavy (non-hydrogen) atoms. The molecule has 0 spiro atoms. The second kappa shape index (κ2) is 34.0. The van der Waals surface area contributed by atoms with E-state index in [-0.39, 0.29) is 0 Å². The lowest BCUT2D eigenvalue weighted by Gasteiger charge is -2.33. The van der Waals surface area contributed by atoms with Crippen LogP contribution in [-0.2, 0) is 0 Å². The molecule has 20 aromatic carbocycles. The van der Waals surface area contributed by atoms with Crippen LogP contribution in [0.4, 0.5) is 56.9 Å². The first-order valence-electron chi connectivity index (χ1n) is 48.8. The van der Waals surface area contributed by atoms with Crippen LogP contribution in [-0.4, -0.2) is 33.6 Å². The number of nitriles is 1. The Balaban J connectivity index is 0.000000105. The first-order chi connectivity index (χ1) is 73.2. The zero-order valence-corrected chi connectivity index (χ0v) is 78.7. The van der Waals surface area contributed by atoms with Crippen molar-refractivity contribution in [3.05, 3.63) is 478 Å². The molecule has 0 bridgehead atoms. The zero-order valence-electron chi connectivity index (χ0n) is 78.7. The molecule has 18 heteroatoms. The number of fused-ring (bicyclic) bond motifs is 21. The van der Waals surface area contributed by atoms with Gasteiger partial charge in [-0.3, -0.25) is 4.98 Å². The molecule has 0 saturated carbocycles. The molecule has 6 aliphatic heterocycles. The molecule has 5 aromatic heterocycles. The van der Waals surface area contributed by atoms with Gasteiger partial charge >= 0.3 is 0 Å². The van der Waals surface area contributed by atoms with Crippen LogP contribution in [0.2, 0.25) is 0 Å². The van der Waals surface area contributed by atoms with E-state index in [1.165, 1.54) is 16.3 Å². The van der Waals surface area contributed by atoms with E-state index in [9.17, 15) is 5.26 Å². The molecule has 18 nitrogen and oxygen atoms in total. The Morgan fingerprint density at radius 1 is 0.223 bits per heavy atom. The summed E-state index contributed by atoms with van der Waals surface area (Å²) in [5, 5.41) is 17.0. The Bertz CT molecular complexity index is 9870. The van der Waals surface area contributed by atoms with Crippen molar-refractivity contribution in [2.24, 2.45) is 0 Å². The molecule has 0 fully saturated rings. The SMILES string of the molecule is [C-]#[N+]c1cc(-c2cc(C#N)cc(-c3cc4c5c(c3)c3ccccc3n5-c3ccccc3O4)c2)cc(N2c3ccccc3Oc3ccccc32)c1.c1cc(-c2cc3c4c(c2)c2ccccc2n4-c2ccccc2O3)cc(-c2cc(N3c4ccccc4Oc4ccccc43)ccn2)c1.c1ccc(-c2nc(-c3cccc(N4c5ccccc5Oc5ccccc54)c3)nc(-c3cc4c5c(c3)c3ccccc3n5-c3ccccc3O4)n2)cc1. The highest BCUT2D eigenvalue weighted by Crippen LogP contribution is 2.58. The number of aromatic nitrogens is 7. The van der Waals surface area contributed by atoms with Crippen molar-refractivity contribution in [3.8, 4) is 171 Å². The van der Waals surface area contributed by atoms with Gasteiger partial charge in [0.15, 0.2) is 92.2 Å². The summed E-state index contributed by atoms with van der Waals surface area (Å²) >= 11 is 0. The maximum Gasteiger partial charge on any atom is 0.189 e. The van der Waals surface area contributed by atoms with Crippen molar-refractivity contribution in [1.29, 1.82) is 5.26 Å². The fraction of sp³-hybridized carbons (Fsp3) is 0. The molecule has 0 radical (unpaired) electrons. The second-order valence-electron chi connectivity index (χ2n) is 37.0. The van der Waals surface area contributed by atoms with Gasteiger partial charge in [-0.1, -0.05) is 224 Å². The van der Waals surface area contributed by atoms with E-state index in [1.807, 2.05) is 237 Å². The Kier molecular flexibility index (Phi) is 19.3. The van der Waals surface area contributed by atoms with Gasteiger partial charge < -0.3 is 56.8 Å². The standard InChI is InChI=1S/C45H27N5O2.C44H24N4O2.C41H25N3O2/c1-2-13-28(14-3-1)43-46-44(29-15-12-16-31(25-29)49-35-19-6-9-22-38(35)51-39-23-10-7-20-36(39)49)48-45(47-43)30-26-33-32-17-4-5-18-34(32)50-37-21-8-11-24-40(37)52-41(27-30)42(33)50;1-46-32-21-30(22-33(25-32)47-37-12-4-7-15-40(37)49-41-16-8-5-13-38(41)47)28-18-27(26-45)19-29(20-28)31-23-35-34-10-2-3-11-36(34)48-39-14-6-9-17-42(39)50-43(24-31)44(35)48;1-2-13-33-30(12-1)31-23-28(24-40-41(31)44(33)36-16-5-8-19-39(36)46-40)26-10-9-11-27(22-26)32-25-29(20-21-42-32)43-34-14-3-6-17-37(34)45-38-18-7-4-15-35(38)43/h1-27H;2-25H;1-25H. The number of para-hydroxylation sites is 21. The molecule has 0 amide bonds. The lowest BCUT2D eigenvalue weighted by atomic mass is 9.94. The molecule has 6 aliphatic rings. The van der Waals surface area contributed by atoms with E-state index in [4.69, 9.17) is 54.9 Å². The molecule has 0 unspecified atom stereocenters. The van der Waals surface area contributed by atoms with Gasteiger partial charge in [0, 0.05) is 72.1 Å². The third kappa shape index (κ3) is 13.9. The fourth-order valence-electron chi connectivity index (χ4n) is 21.8. The number of ether oxygens (including phenoxy) is 6. The third-order valence-corrected chi connectivity index (χ3v) is 28.3. The average Bonchev–Trinajstić information content (AvgIpc) is 1.57. The van der Waals surface area contributed by atoms with E-state index < -0.39 is 0 Å². The average molecular weight is 1900 g/mol. The molecular weight excluding hydrogens is 1830 g/mol. The highest BCUT2D eigenvalue weighted by molar-refractivity contribution is 6.17. The Hall–Kier alpha value is -20.9. The van der Waals surface area contributed by atoms with Gasteiger partial charge in [0.1, 0.15) is 0 Å². The topological polar surface area (TPSA) is 160 Å². The summed E-state index contributed by atoms with van der Waals surface area (Å²) in [5.74, 6) is 11.3. The van der Waals surface area contributed by atoms with Crippen molar-refractivity contribution < 1.29 is 28.4 Å². The summed E-state index contributed by atoms with van der Waals surface area (Å²) in [6, 6.07) is 157. The number of hydrogen-bond acceptors (Lipinski definition) is 14. The Labute approximate surface area is 847 Å². The van der Waals surface area contributed by atoms with Gasteiger partial charge in [-0.05, 0) is 264 Å². The van der Waals surface area contributed by atoms with E-state index >= 15 is 0 Å². The molecule has 692 valence electrons. The summed E-state index contributed by atoms with van der Waals surface area (Å²) in [6.45, 7) is 8.02. The minimum Gasteiger partial charge on any atom is -0.453 e. The zero-order chi connectivity index (χ0) is 97.7. The summed E-state index contributed by atoms with van der Waals surface area (Å²) in [7, 11) is 0. The number of anilines is 9. The van der Waals surface area contributed by atoms with Crippen LogP contribution < -0.4 is 43.1 Å². The van der Waals surface area contributed by atoms with Crippen LogP contribution >= 0.6 is 0 Å². The van der Waals surface area contributed by atoms with Crippen LogP contribution in [0.5, 0.6) is 69.0 Å². The Morgan fingerprint density at radius 2 is 0.534 bits per heavy atom. The molecule has 25 aromatic rings. The quantitative estimate of drug-likeness (QED) is 0.119. The van der Waals surface area contributed by atoms with Crippen LogP contribution in [0.25, 0.3) is 166 Å². The first kappa shape index (κ1) is 84.1. The van der Waals surface area contributed by atoms with Crippen molar-refractivity contribution in [2.45, 2.75) is 0 Å². The number of hydrogen-bond donors (Lipinski definition) is 0. The predicted octanol–water partition coefficient (Wildman–Crippen LogP) is 35.1. The molecule has 11 heterocycles. The van der Waals surface area contributed by atoms with Gasteiger partial charge in [0.2, 0.25) is 0 Å². The van der Waals surface area contributed by atoms with Gasteiger partial charge in [0.05, 0.1) is 114 Å². The van der Waals surface area contributed by atoms with Gasteiger partial charge in [0.25, 0.3) is 0 Å². The second-order valence-corrected chi connectivity index (χ2v) is 37.0. The number of rotatable bonds is 10. The third-order valence-electron chi connectivity index (χ3n) is 28.3. The molecule has 0 saturated heterocycles. The minimum absolute atomic E-state index is 0.494. The maximum absolute atomic E-state index is 10.2.